The van der Waals surface area contributed by atoms with Gasteiger partial charge in [-0.2, -0.15) is 4.98 Å². The lowest BCUT2D eigenvalue weighted by atomic mass is 10.1. The molecule has 0 amide bonds. The fourth-order valence-corrected chi connectivity index (χ4v) is 2.46. The molecule has 0 aliphatic carbocycles. The van der Waals surface area contributed by atoms with Gasteiger partial charge in [0.25, 0.3) is 0 Å². The summed E-state index contributed by atoms with van der Waals surface area (Å²) >= 11 is 0. The van der Waals surface area contributed by atoms with Gasteiger partial charge in [0.15, 0.2) is 5.82 Å². The van der Waals surface area contributed by atoms with E-state index in [4.69, 9.17) is 10.3 Å². The number of aliphatic hydroxyl groups excluding tert-OH is 1. The highest BCUT2D eigenvalue weighted by molar-refractivity contribution is 5.85. The van der Waals surface area contributed by atoms with E-state index in [-0.39, 0.29) is 37.5 Å². The van der Waals surface area contributed by atoms with E-state index in [0.717, 1.165) is 26.2 Å². The number of halogens is 2. The van der Waals surface area contributed by atoms with E-state index in [0.29, 0.717) is 24.3 Å². The van der Waals surface area contributed by atoms with Crippen molar-refractivity contribution in [2.75, 3.05) is 26.2 Å². The summed E-state index contributed by atoms with van der Waals surface area (Å²) in [5, 5.41) is 13.4. The van der Waals surface area contributed by atoms with E-state index in [1.807, 2.05) is 6.92 Å². The van der Waals surface area contributed by atoms with Crippen LogP contribution in [0.5, 0.6) is 0 Å². The summed E-state index contributed by atoms with van der Waals surface area (Å²) in [7, 11) is 0. The third-order valence-electron chi connectivity index (χ3n) is 3.40. The molecule has 2 unspecified atom stereocenters. The maximum absolute atomic E-state index is 9.45. The molecule has 0 spiro atoms. The molecule has 21 heavy (non-hydrogen) atoms. The second kappa shape index (κ2) is 9.55. The number of hydrogen-bond donors (Lipinski definition) is 2. The smallest absolute Gasteiger partial charge is 0.240 e. The molecule has 2 heterocycles. The van der Waals surface area contributed by atoms with Crippen LogP contribution in [0.2, 0.25) is 0 Å². The summed E-state index contributed by atoms with van der Waals surface area (Å²) in [5.41, 5.74) is 5.44. The van der Waals surface area contributed by atoms with Crippen molar-refractivity contribution in [2.45, 2.75) is 39.1 Å². The lowest BCUT2D eigenvalue weighted by Crippen LogP contribution is -2.53. The maximum Gasteiger partial charge on any atom is 0.240 e. The van der Waals surface area contributed by atoms with Gasteiger partial charge in [-0.3, -0.25) is 9.80 Å². The van der Waals surface area contributed by atoms with Crippen molar-refractivity contribution in [3.05, 3.63) is 11.7 Å². The Labute approximate surface area is 137 Å². The number of rotatable bonds is 5. The highest BCUT2D eigenvalue weighted by Crippen LogP contribution is 2.12. The Morgan fingerprint density at radius 3 is 2.67 bits per heavy atom. The number of β-amino-alcohol motifs (C(OH)–C–C–N with tert-alkyl or cyclic N) is 1. The summed E-state index contributed by atoms with van der Waals surface area (Å²) in [6, 6.07) is 0.421. The molecule has 1 aromatic heterocycles. The maximum atomic E-state index is 9.45. The molecule has 0 radical (unpaired) electrons. The molecule has 1 fully saturated rings. The largest absolute Gasteiger partial charge is 0.392 e. The lowest BCUT2D eigenvalue weighted by Gasteiger charge is -2.39. The fraction of sp³-hybridized carbons (Fsp3) is 0.833. The number of nitrogens with two attached hydrogens (primary N) is 1. The van der Waals surface area contributed by atoms with Gasteiger partial charge in [-0.05, 0) is 13.8 Å². The van der Waals surface area contributed by atoms with Crippen LogP contribution in [0.3, 0.4) is 0 Å². The van der Waals surface area contributed by atoms with Crippen molar-refractivity contribution in [2.24, 2.45) is 5.73 Å². The quantitative estimate of drug-likeness (QED) is 0.793. The zero-order valence-electron chi connectivity index (χ0n) is 12.4. The van der Waals surface area contributed by atoms with Gasteiger partial charge in [0.1, 0.15) is 0 Å². The van der Waals surface area contributed by atoms with Gasteiger partial charge in [-0.1, -0.05) is 5.16 Å². The molecule has 7 nitrogen and oxygen atoms in total. The molecule has 1 aliphatic rings. The second-order valence-electron chi connectivity index (χ2n) is 5.24. The number of piperazine rings is 1. The van der Waals surface area contributed by atoms with Crippen molar-refractivity contribution in [1.82, 2.24) is 19.9 Å². The van der Waals surface area contributed by atoms with Crippen LogP contribution in [0.15, 0.2) is 4.52 Å². The van der Waals surface area contributed by atoms with Crippen LogP contribution >= 0.6 is 24.8 Å². The number of hydrogen-bond acceptors (Lipinski definition) is 7. The summed E-state index contributed by atoms with van der Waals surface area (Å²) in [6.45, 7) is 8.55. The Balaban J connectivity index is 0.00000200. The first-order chi connectivity index (χ1) is 9.08. The lowest BCUT2D eigenvalue weighted by molar-refractivity contribution is 0.0411. The van der Waals surface area contributed by atoms with Crippen molar-refractivity contribution in [1.29, 1.82) is 0 Å². The Morgan fingerprint density at radius 1 is 1.43 bits per heavy atom. The molecule has 2 rings (SSSR count). The van der Waals surface area contributed by atoms with Crippen LogP contribution in [-0.2, 0) is 13.1 Å². The Hall–Kier alpha value is -0.440. The molecule has 0 aromatic carbocycles. The van der Waals surface area contributed by atoms with E-state index in [2.05, 4.69) is 26.9 Å². The highest BCUT2D eigenvalue weighted by Gasteiger charge is 2.25. The van der Waals surface area contributed by atoms with Crippen molar-refractivity contribution in [3.8, 4) is 0 Å². The normalized spacial score (nSPS) is 21.4. The van der Waals surface area contributed by atoms with E-state index in [9.17, 15) is 5.11 Å². The van der Waals surface area contributed by atoms with Gasteiger partial charge >= 0.3 is 0 Å². The fourth-order valence-electron chi connectivity index (χ4n) is 2.46. The summed E-state index contributed by atoms with van der Waals surface area (Å²) < 4.78 is 5.00. The van der Waals surface area contributed by atoms with Crippen LogP contribution in [0.4, 0.5) is 0 Å². The van der Waals surface area contributed by atoms with E-state index in [1.54, 1.807) is 0 Å². The predicted molar refractivity (Wildman–Crippen MR) is 84.7 cm³/mol. The molecular formula is C12H25Cl2N5O2. The summed E-state index contributed by atoms with van der Waals surface area (Å²) in [5.74, 6) is 1.17. The standard InChI is InChI=1S/C12H23N5O2.2ClH/c1-9-6-16(3-4-17(9)7-10(2)18)8-11-14-12(5-13)19-15-11;;/h9-10,18H,3-8,13H2,1-2H3;2*1H. The summed E-state index contributed by atoms with van der Waals surface area (Å²) in [6.07, 6.45) is -0.279. The molecule has 1 aromatic rings. The van der Waals surface area contributed by atoms with E-state index in [1.165, 1.54) is 0 Å². The van der Waals surface area contributed by atoms with Gasteiger partial charge in [0.2, 0.25) is 5.89 Å². The average molecular weight is 342 g/mol. The topological polar surface area (TPSA) is 91.7 Å². The van der Waals surface area contributed by atoms with Crippen LogP contribution < -0.4 is 5.73 Å². The van der Waals surface area contributed by atoms with Gasteiger partial charge in [-0.25, -0.2) is 0 Å². The first-order valence-corrected chi connectivity index (χ1v) is 6.74. The van der Waals surface area contributed by atoms with Gasteiger partial charge in [0, 0.05) is 32.2 Å². The number of nitrogens with zero attached hydrogens (tertiary/aromatic N) is 4. The molecular weight excluding hydrogens is 317 g/mol. The minimum atomic E-state index is -0.279. The zero-order valence-corrected chi connectivity index (χ0v) is 14.1. The molecule has 9 heteroatoms. The first-order valence-electron chi connectivity index (χ1n) is 6.74. The van der Waals surface area contributed by atoms with E-state index < -0.39 is 0 Å². The Bertz CT molecular complexity index is 405. The predicted octanol–water partition coefficient (Wildman–Crippen LogP) is 0.259. The van der Waals surface area contributed by atoms with Gasteiger partial charge < -0.3 is 15.4 Å². The number of aliphatic hydroxyl groups is 1. The van der Waals surface area contributed by atoms with Crippen LogP contribution in [0.25, 0.3) is 0 Å². The number of aromatic nitrogens is 2. The Kier molecular flexibility index (Phi) is 9.35. The minimum Gasteiger partial charge on any atom is -0.392 e. The zero-order chi connectivity index (χ0) is 13.8. The molecule has 1 saturated heterocycles. The monoisotopic (exact) mass is 341 g/mol. The first kappa shape index (κ1) is 20.6. The molecule has 0 bridgehead atoms. The SMILES string of the molecule is CC(O)CN1CCN(Cc2noc(CN)n2)CC1C.Cl.Cl. The Morgan fingerprint density at radius 2 is 2.14 bits per heavy atom. The third-order valence-corrected chi connectivity index (χ3v) is 3.40. The van der Waals surface area contributed by atoms with Gasteiger partial charge in [-0.15, -0.1) is 24.8 Å². The van der Waals surface area contributed by atoms with Gasteiger partial charge in [0.05, 0.1) is 19.2 Å². The van der Waals surface area contributed by atoms with Crippen molar-refractivity contribution >= 4 is 24.8 Å². The second-order valence-corrected chi connectivity index (χ2v) is 5.24. The molecule has 2 atom stereocenters. The van der Waals surface area contributed by atoms with Crippen LogP contribution in [-0.4, -0.2) is 63.4 Å². The minimum absolute atomic E-state index is 0. The summed E-state index contributed by atoms with van der Waals surface area (Å²) in [4.78, 5) is 8.83. The van der Waals surface area contributed by atoms with Crippen LogP contribution in [0.1, 0.15) is 25.6 Å². The molecule has 0 saturated carbocycles. The molecule has 124 valence electrons. The highest BCUT2D eigenvalue weighted by atomic mass is 35.5. The van der Waals surface area contributed by atoms with Crippen molar-refractivity contribution < 1.29 is 9.63 Å². The average Bonchev–Trinajstić information content (AvgIpc) is 2.80. The molecule has 1 aliphatic heterocycles. The molecule has 3 N–H and O–H groups in total. The van der Waals surface area contributed by atoms with Crippen molar-refractivity contribution in [3.63, 3.8) is 0 Å². The third kappa shape index (κ3) is 6.06. The van der Waals surface area contributed by atoms with E-state index >= 15 is 0 Å². The van der Waals surface area contributed by atoms with Crippen LogP contribution in [0, 0.1) is 0 Å².